The summed E-state index contributed by atoms with van der Waals surface area (Å²) < 4.78 is 6.76. The molecule has 0 saturated carbocycles. The summed E-state index contributed by atoms with van der Waals surface area (Å²) in [6.45, 7) is 22.7. The second kappa shape index (κ2) is 11.5. The normalized spacial score (nSPS) is 29.6. The summed E-state index contributed by atoms with van der Waals surface area (Å²) >= 11 is 0. The van der Waals surface area contributed by atoms with Gasteiger partial charge in [-0.25, -0.2) is 0 Å². The van der Waals surface area contributed by atoms with Crippen LogP contribution in [0.15, 0.2) is 24.3 Å². The lowest BCUT2D eigenvalue weighted by Crippen LogP contribution is -2.48. The number of amides is 1. The van der Waals surface area contributed by atoms with Crippen molar-refractivity contribution in [3.8, 4) is 0 Å². The highest BCUT2D eigenvalue weighted by atomic mass is 28.4. The minimum atomic E-state index is -2.03. The fourth-order valence-electron chi connectivity index (χ4n) is 3.78. The summed E-state index contributed by atoms with van der Waals surface area (Å²) in [4.78, 5) is 13.1. The third-order valence-corrected chi connectivity index (χ3v) is 11.4. The lowest BCUT2D eigenvalue weighted by molar-refractivity contribution is -0.125. The van der Waals surface area contributed by atoms with E-state index >= 15 is 0 Å². The van der Waals surface area contributed by atoms with Gasteiger partial charge in [-0.05, 0) is 56.2 Å². The van der Waals surface area contributed by atoms with Crippen molar-refractivity contribution in [2.45, 2.75) is 104 Å². The van der Waals surface area contributed by atoms with Crippen LogP contribution in [0.2, 0.25) is 18.1 Å². The van der Waals surface area contributed by atoms with E-state index < -0.39 is 8.32 Å². The number of allylic oxidation sites excluding steroid dienone is 1. The molecule has 168 valence electrons. The van der Waals surface area contributed by atoms with Crippen molar-refractivity contribution >= 4 is 14.2 Å². The van der Waals surface area contributed by atoms with Crippen LogP contribution in [-0.2, 0) is 9.22 Å². The van der Waals surface area contributed by atoms with Crippen LogP contribution < -0.4 is 5.32 Å². The second-order valence-corrected chi connectivity index (χ2v) is 15.4. The van der Waals surface area contributed by atoms with E-state index in [-0.39, 0.29) is 23.0 Å². The fourth-order valence-corrected chi connectivity index (χ4v) is 5.03. The zero-order chi connectivity index (χ0) is 22.2. The Morgan fingerprint density at radius 3 is 2.38 bits per heavy atom. The van der Waals surface area contributed by atoms with Crippen molar-refractivity contribution in [1.82, 2.24) is 5.32 Å². The Hall–Kier alpha value is -0.873. The van der Waals surface area contributed by atoms with E-state index in [0.717, 1.165) is 24.5 Å². The van der Waals surface area contributed by atoms with Crippen molar-refractivity contribution < 1.29 is 9.22 Å². The molecule has 0 unspecified atom stereocenters. The number of hydrogen-bond donors (Lipinski definition) is 1. The zero-order valence-corrected chi connectivity index (χ0v) is 21.4. The average Bonchev–Trinajstić information content (AvgIpc) is 2.59. The molecule has 1 aliphatic heterocycles. The number of hydrogen-bond acceptors (Lipinski definition) is 2. The van der Waals surface area contributed by atoms with E-state index in [0.29, 0.717) is 5.92 Å². The molecule has 0 aromatic carbocycles. The molecular formula is C25H47NO2Si. The number of rotatable bonds is 4. The van der Waals surface area contributed by atoms with Gasteiger partial charge in [-0.3, -0.25) is 4.79 Å². The summed E-state index contributed by atoms with van der Waals surface area (Å²) in [6, 6.07) is 0. The first kappa shape index (κ1) is 26.2. The van der Waals surface area contributed by atoms with E-state index in [1.807, 2.05) is 6.92 Å². The van der Waals surface area contributed by atoms with Gasteiger partial charge in [0.25, 0.3) is 0 Å². The first-order valence-electron chi connectivity index (χ1n) is 11.7. The van der Waals surface area contributed by atoms with Crippen LogP contribution in [0.5, 0.6) is 0 Å². The monoisotopic (exact) mass is 421 g/mol. The molecule has 1 N–H and O–H groups in total. The largest absolute Gasteiger partial charge is 0.409 e. The van der Waals surface area contributed by atoms with Gasteiger partial charge in [0, 0.05) is 6.54 Å². The molecule has 0 aromatic heterocycles. The van der Waals surface area contributed by atoms with E-state index in [1.54, 1.807) is 0 Å². The Kier molecular flexibility index (Phi) is 10.4. The van der Waals surface area contributed by atoms with Crippen LogP contribution in [0.25, 0.3) is 0 Å². The van der Waals surface area contributed by atoms with Crippen molar-refractivity contribution in [3.05, 3.63) is 24.3 Å². The molecule has 1 amide bonds. The van der Waals surface area contributed by atoms with Gasteiger partial charge in [0.15, 0.2) is 8.32 Å². The van der Waals surface area contributed by atoms with Crippen LogP contribution >= 0.6 is 0 Å². The van der Waals surface area contributed by atoms with Gasteiger partial charge in [0.2, 0.25) is 5.91 Å². The number of carbonyl (C=O) groups is 1. The highest BCUT2D eigenvalue weighted by Crippen LogP contribution is 2.39. The molecule has 0 fully saturated rings. The standard InChI is InChI=1S/C25H47NO2Si/c1-10-21-14-11-13-20(4)16-17-22(28-29(8,9)25(5,6)7)23(19(2)3)24(27)26-18-12-15-21/h16-17,20-23H,2,10-15,18H2,1,3-9H3,(H,26,27)/b17-16+/t20-,21+,22+,23-/m1/s1. The zero-order valence-electron chi connectivity index (χ0n) is 20.4. The second-order valence-electron chi connectivity index (χ2n) is 10.7. The quantitative estimate of drug-likeness (QED) is 0.397. The molecular weight excluding hydrogens is 374 g/mol. The Balaban J connectivity index is 3.16. The maximum atomic E-state index is 13.1. The van der Waals surface area contributed by atoms with Gasteiger partial charge >= 0.3 is 0 Å². The smallest absolute Gasteiger partial charge is 0.230 e. The third-order valence-electron chi connectivity index (χ3n) is 6.95. The molecule has 0 aromatic rings. The van der Waals surface area contributed by atoms with E-state index in [9.17, 15) is 4.79 Å². The highest BCUT2D eigenvalue weighted by molar-refractivity contribution is 6.74. The molecule has 1 rings (SSSR count). The van der Waals surface area contributed by atoms with Gasteiger partial charge < -0.3 is 9.74 Å². The van der Waals surface area contributed by atoms with Crippen molar-refractivity contribution in [1.29, 1.82) is 0 Å². The van der Waals surface area contributed by atoms with Gasteiger partial charge in [0.1, 0.15) is 0 Å². The van der Waals surface area contributed by atoms with Crippen LogP contribution in [0, 0.1) is 17.8 Å². The minimum absolute atomic E-state index is 0.0589. The lowest BCUT2D eigenvalue weighted by atomic mass is 9.90. The molecule has 3 nitrogen and oxygen atoms in total. The fraction of sp³-hybridized carbons (Fsp3) is 0.800. The van der Waals surface area contributed by atoms with Crippen LogP contribution in [0.4, 0.5) is 0 Å². The van der Waals surface area contributed by atoms with Crippen LogP contribution in [0.1, 0.15) is 80.1 Å². The van der Waals surface area contributed by atoms with Crippen molar-refractivity contribution in [2.75, 3.05) is 6.54 Å². The van der Waals surface area contributed by atoms with Gasteiger partial charge in [-0.15, -0.1) is 0 Å². The first-order chi connectivity index (χ1) is 13.4. The number of nitrogens with one attached hydrogen (secondary N) is 1. The summed E-state index contributed by atoms with van der Waals surface area (Å²) in [7, 11) is -2.03. The molecule has 4 atom stereocenters. The maximum absolute atomic E-state index is 13.1. The summed E-state index contributed by atoms with van der Waals surface area (Å²) in [5.41, 5.74) is 0.877. The van der Waals surface area contributed by atoms with Gasteiger partial charge in [-0.2, -0.15) is 0 Å². The first-order valence-corrected chi connectivity index (χ1v) is 14.6. The number of carbonyl (C=O) groups excluding carboxylic acids is 1. The summed E-state index contributed by atoms with van der Waals surface area (Å²) in [5.74, 6) is 0.994. The predicted molar refractivity (Wildman–Crippen MR) is 129 cm³/mol. The van der Waals surface area contributed by atoms with E-state index in [2.05, 4.69) is 71.8 Å². The SMILES string of the molecule is C=C(C)[C@H]1C(=O)NCCC[C@@H](CC)CCC[C@@H](C)/C=C/[C@@H]1O[Si](C)(C)C(C)(C)C. The van der Waals surface area contributed by atoms with Gasteiger partial charge in [0.05, 0.1) is 12.0 Å². The predicted octanol–water partition coefficient (Wildman–Crippen LogP) is 6.87. The van der Waals surface area contributed by atoms with Crippen LogP contribution in [0.3, 0.4) is 0 Å². The summed E-state index contributed by atoms with van der Waals surface area (Å²) in [5, 5.41) is 3.27. The molecule has 0 aliphatic carbocycles. The van der Waals surface area contributed by atoms with Crippen molar-refractivity contribution in [2.24, 2.45) is 17.8 Å². The van der Waals surface area contributed by atoms with E-state index in [1.165, 1.54) is 32.1 Å². The Labute approximate surface area is 181 Å². The minimum Gasteiger partial charge on any atom is -0.409 e. The van der Waals surface area contributed by atoms with Crippen LogP contribution in [-0.4, -0.2) is 26.9 Å². The Morgan fingerprint density at radius 1 is 1.21 bits per heavy atom. The molecule has 0 spiro atoms. The molecule has 0 saturated heterocycles. The molecule has 1 heterocycles. The van der Waals surface area contributed by atoms with E-state index in [4.69, 9.17) is 4.43 Å². The average molecular weight is 422 g/mol. The molecule has 4 heteroatoms. The van der Waals surface area contributed by atoms with Crippen molar-refractivity contribution in [3.63, 3.8) is 0 Å². The third kappa shape index (κ3) is 8.41. The molecule has 29 heavy (non-hydrogen) atoms. The lowest BCUT2D eigenvalue weighted by Gasteiger charge is -2.40. The maximum Gasteiger partial charge on any atom is 0.230 e. The molecule has 0 bridgehead atoms. The molecule has 0 radical (unpaired) electrons. The van der Waals surface area contributed by atoms with Gasteiger partial charge in [-0.1, -0.05) is 78.2 Å². The highest BCUT2D eigenvalue weighted by Gasteiger charge is 2.41. The topological polar surface area (TPSA) is 38.3 Å². The Bertz CT molecular complexity index is 562. The molecule has 1 aliphatic rings. The summed E-state index contributed by atoms with van der Waals surface area (Å²) in [6.07, 6.45) is 11.4. The Morgan fingerprint density at radius 2 is 1.83 bits per heavy atom.